The number of hydrogen-bond acceptors (Lipinski definition) is 6. The van der Waals surface area contributed by atoms with Gasteiger partial charge in [-0.1, -0.05) is 48.5 Å². The molecule has 9 heteroatoms. The van der Waals surface area contributed by atoms with Gasteiger partial charge in [-0.15, -0.1) is 0 Å². The van der Waals surface area contributed by atoms with Crippen molar-refractivity contribution in [3.8, 4) is 11.1 Å². The Hall–Kier alpha value is -4.79. The van der Waals surface area contributed by atoms with Gasteiger partial charge in [-0.05, 0) is 54.7 Å². The van der Waals surface area contributed by atoms with Crippen molar-refractivity contribution in [1.29, 1.82) is 0 Å². The zero-order valence-corrected chi connectivity index (χ0v) is 21.1. The van der Waals surface area contributed by atoms with Crippen LogP contribution in [0.3, 0.4) is 0 Å². The number of carboxylic acid groups (broad SMARTS) is 1. The maximum Gasteiger partial charge on any atom is 0.326 e. The van der Waals surface area contributed by atoms with Crippen LogP contribution < -0.4 is 10.2 Å². The van der Waals surface area contributed by atoms with Gasteiger partial charge in [0, 0.05) is 18.4 Å². The van der Waals surface area contributed by atoms with Crippen LogP contribution in [0.25, 0.3) is 33.2 Å². The summed E-state index contributed by atoms with van der Waals surface area (Å²) in [5, 5.41) is 13.5. The lowest BCUT2D eigenvalue weighted by atomic mass is 10.0. The Morgan fingerprint density at radius 1 is 1.05 bits per heavy atom. The molecule has 1 saturated heterocycles. The highest BCUT2D eigenvalue weighted by Crippen LogP contribution is 2.38. The number of nitrogens with zero attached hydrogens (tertiary/aromatic N) is 3. The Labute approximate surface area is 223 Å². The Morgan fingerprint density at radius 3 is 2.59 bits per heavy atom. The molecule has 39 heavy (non-hydrogen) atoms. The van der Waals surface area contributed by atoms with Crippen molar-refractivity contribution in [2.45, 2.75) is 25.8 Å². The second-order valence-electron chi connectivity index (χ2n) is 9.79. The minimum atomic E-state index is -1.01. The zero-order chi connectivity index (χ0) is 27.1. The molecule has 1 amide bonds. The highest BCUT2D eigenvalue weighted by molar-refractivity contribution is 6.06. The molecule has 196 valence electrons. The third-order valence-corrected chi connectivity index (χ3v) is 7.08. The predicted molar refractivity (Wildman–Crippen MR) is 146 cm³/mol. The van der Waals surface area contributed by atoms with E-state index in [1.165, 1.54) is 6.07 Å². The van der Waals surface area contributed by atoms with Gasteiger partial charge in [-0.25, -0.2) is 19.2 Å². The lowest BCUT2D eigenvalue weighted by Gasteiger charge is -2.22. The molecule has 3 heterocycles. The number of amides is 1. The number of carboxylic acids is 1. The van der Waals surface area contributed by atoms with E-state index in [0.29, 0.717) is 33.9 Å². The molecule has 0 spiro atoms. The van der Waals surface area contributed by atoms with E-state index >= 15 is 0 Å². The number of rotatable bonds is 6. The predicted octanol–water partition coefficient (Wildman–Crippen LogP) is 5.80. The molecule has 0 radical (unpaired) electrons. The number of aromatic nitrogens is 2. The molecule has 2 atom stereocenters. The number of carbonyl (C=O) groups excluding carboxylic acids is 1. The standard InChI is InChI=1S/C30H25FN4O4/c1-17-32-27-21-9-5-6-10-25(21)39-28(27)29(33-17)35-16-18(13-24(35)30(37)38)14-26(36)34-23-12-11-20(15-22(23)31)19-7-3-2-4-8-19/h2-12,15,18,24H,13-14,16H2,1H3,(H,34,36)(H,37,38)/t18-,24+/m1/s1. The number of para-hydroxylation sites is 1. The molecule has 8 nitrogen and oxygen atoms in total. The number of aryl methyl sites for hydroxylation is 1. The minimum absolute atomic E-state index is 0.0352. The highest BCUT2D eigenvalue weighted by Gasteiger charge is 2.40. The number of hydrogen-bond donors (Lipinski definition) is 2. The smallest absolute Gasteiger partial charge is 0.326 e. The number of anilines is 2. The molecule has 1 aliphatic heterocycles. The third-order valence-electron chi connectivity index (χ3n) is 7.08. The summed E-state index contributed by atoms with van der Waals surface area (Å²) in [5.41, 5.74) is 3.33. The molecule has 6 rings (SSSR count). The quantitative estimate of drug-likeness (QED) is 0.289. The van der Waals surface area contributed by atoms with Crippen molar-refractivity contribution in [3.05, 3.63) is 84.4 Å². The van der Waals surface area contributed by atoms with Crippen molar-refractivity contribution >= 4 is 45.5 Å². The van der Waals surface area contributed by atoms with Gasteiger partial charge in [-0.2, -0.15) is 0 Å². The molecule has 1 fully saturated rings. The maximum atomic E-state index is 14.8. The van der Waals surface area contributed by atoms with E-state index in [4.69, 9.17) is 4.42 Å². The van der Waals surface area contributed by atoms with E-state index in [2.05, 4.69) is 15.3 Å². The Morgan fingerprint density at radius 2 is 1.82 bits per heavy atom. The third kappa shape index (κ3) is 4.67. The van der Waals surface area contributed by atoms with E-state index in [1.54, 1.807) is 24.0 Å². The van der Waals surface area contributed by atoms with E-state index < -0.39 is 17.8 Å². The number of benzene rings is 3. The average molecular weight is 525 g/mol. The normalized spacial score (nSPS) is 17.1. The van der Waals surface area contributed by atoms with E-state index in [1.807, 2.05) is 54.6 Å². The van der Waals surface area contributed by atoms with Gasteiger partial charge < -0.3 is 19.7 Å². The topological polar surface area (TPSA) is 109 Å². The van der Waals surface area contributed by atoms with Crippen LogP contribution in [0.5, 0.6) is 0 Å². The number of furan rings is 1. The molecule has 1 aliphatic rings. The lowest BCUT2D eigenvalue weighted by molar-refractivity contribution is -0.138. The van der Waals surface area contributed by atoms with Crippen LogP contribution in [0.15, 0.2) is 77.2 Å². The summed E-state index contributed by atoms with van der Waals surface area (Å²) in [5.74, 6) is -1.33. The first kappa shape index (κ1) is 24.5. The molecular formula is C30H25FN4O4. The van der Waals surface area contributed by atoms with Crippen LogP contribution in [0, 0.1) is 18.7 Å². The van der Waals surface area contributed by atoms with E-state index in [9.17, 15) is 19.1 Å². The van der Waals surface area contributed by atoms with Crippen molar-refractivity contribution in [2.24, 2.45) is 5.92 Å². The SMILES string of the molecule is Cc1nc(N2C[C@@H](CC(=O)Nc3ccc(-c4ccccc4)cc3F)C[C@H]2C(=O)O)c2oc3ccccc3c2n1. The van der Waals surface area contributed by atoms with Crippen LogP contribution in [0.4, 0.5) is 15.9 Å². The fourth-order valence-corrected chi connectivity index (χ4v) is 5.31. The number of halogens is 1. The van der Waals surface area contributed by atoms with Gasteiger partial charge in [0.05, 0.1) is 5.69 Å². The molecule has 2 aromatic heterocycles. The molecule has 5 aromatic rings. The monoisotopic (exact) mass is 524 g/mol. The first-order valence-corrected chi connectivity index (χ1v) is 12.7. The molecule has 2 N–H and O–H groups in total. The van der Waals surface area contributed by atoms with Crippen LogP contribution in [-0.4, -0.2) is 39.5 Å². The fourth-order valence-electron chi connectivity index (χ4n) is 5.31. The van der Waals surface area contributed by atoms with Gasteiger partial charge in [0.15, 0.2) is 11.4 Å². The number of aliphatic carboxylic acids is 1. The second kappa shape index (κ2) is 9.83. The molecule has 0 unspecified atom stereocenters. The summed E-state index contributed by atoms with van der Waals surface area (Å²) >= 11 is 0. The second-order valence-corrected chi connectivity index (χ2v) is 9.79. The average Bonchev–Trinajstić information content (AvgIpc) is 3.52. The van der Waals surface area contributed by atoms with E-state index in [-0.39, 0.29) is 36.9 Å². The number of fused-ring (bicyclic) bond motifs is 3. The van der Waals surface area contributed by atoms with Crippen LogP contribution in [0.2, 0.25) is 0 Å². The fraction of sp³-hybridized carbons (Fsp3) is 0.200. The molecule has 0 bridgehead atoms. The first-order valence-electron chi connectivity index (χ1n) is 12.7. The molecule has 0 aliphatic carbocycles. The summed E-state index contributed by atoms with van der Waals surface area (Å²) < 4.78 is 20.9. The summed E-state index contributed by atoms with van der Waals surface area (Å²) in [6.07, 6.45) is 0.274. The minimum Gasteiger partial charge on any atom is -0.480 e. The van der Waals surface area contributed by atoms with Crippen molar-refractivity contribution < 1.29 is 23.5 Å². The van der Waals surface area contributed by atoms with Gasteiger partial charge in [0.2, 0.25) is 5.91 Å². The molecule has 3 aromatic carbocycles. The summed E-state index contributed by atoms with van der Waals surface area (Å²) in [7, 11) is 0. The van der Waals surface area contributed by atoms with Crippen LogP contribution >= 0.6 is 0 Å². The number of nitrogens with one attached hydrogen (secondary N) is 1. The maximum absolute atomic E-state index is 14.8. The van der Waals surface area contributed by atoms with Crippen LogP contribution in [0.1, 0.15) is 18.7 Å². The summed E-state index contributed by atoms with van der Waals surface area (Å²) in [4.78, 5) is 35.9. The van der Waals surface area contributed by atoms with Crippen LogP contribution in [-0.2, 0) is 9.59 Å². The lowest BCUT2D eigenvalue weighted by Crippen LogP contribution is -2.36. The van der Waals surface area contributed by atoms with Crippen molar-refractivity contribution in [3.63, 3.8) is 0 Å². The molecule has 0 saturated carbocycles. The summed E-state index contributed by atoms with van der Waals surface area (Å²) in [6.45, 7) is 2.03. The Bertz CT molecular complexity index is 1720. The first-order chi connectivity index (χ1) is 18.9. The zero-order valence-electron chi connectivity index (χ0n) is 21.1. The number of carbonyl (C=O) groups is 2. The van der Waals surface area contributed by atoms with Gasteiger partial charge >= 0.3 is 5.97 Å². The van der Waals surface area contributed by atoms with Gasteiger partial charge in [-0.3, -0.25) is 4.79 Å². The highest BCUT2D eigenvalue weighted by atomic mass is 19.1. The van der Waals surface area contributed by atoms with Gasteiger partial charge in [0.1, 0.15) is 28.8 Å². The van der Waals surface area contributed by atoms with E-state index in [0.717, 1.165) is 10.9 Å². The summed E-state index contributed by atoms with van der Waals surface area (Å²) in [6, 6.07) is 20.7. The largest absolute Gasteiger partial charge is 0.480 e. The van der Waals surface area contributed by atoms with Crippen molar-refractivity contribution in [1.82, 2.24) is 9.97 Å². The molecular weight excluding hydrogens is 499 g/mol. The Balaban J connectivity index is 1.22. The van der Waals surface area contributed by atoms with Gasteiger partial charge in [0.25, 0.3) is 0 Å². The van der Waals surface area contributed by atoms with Crippen molar-refractivity contribution in [2.75, 3.05) is 16.8 Å². The Kier molecular flexibility index (Phi) is 6.18.